The van der Waals surface area contributed by atoms with Crippen molar-refractivity contribution < 1.29 is 0 Å². The first kappa shape index (κ1) is 13.3. The Bertz CT molecular complexity index is 370. The van der Waals surface area contributed by atoms with Gasteiger partial charge >= 0.3 is 0 Å². The van der Waals surface area contributed by atoms with E-state index in [2.05, 4.69) is 29.3 Å². The summed E-state index contributed by atoms with van der Waals surface area (Å²) in [6, 6.07) is 2.38. The van der Waals surface area contributed by atoms with Gasteiger partial charge in [-0.25, -0.2) is 0 Å². The third-order valence-corrected chi connectivity index (χ3v) is 4.83. The molecule has 1 aromatic heterocycles. The lowest BCUT2D eigenvalue weighted by Crippen LogP contribution is -2.55. The number of rotatable bonds is 3. The van der Waals surface area contributed by atoms with Gasteiger partial charge in [0.15, 0.2) is 0 Å². The summed E-state index contributed by atoms with van der Waals surface area (Å²) in [7, 11) is 4.28. The van der Waals surface area contributed by atoms with Gasteiger partial charge < -0.3 is 4.90 Å². The van der Waals surface area contributed by atoms with Crippen molar-refractivity contribution in [3.8, 4) is 0 Å². The summed E-state index contributed by atoms with van der Waals surface area (Å²) in [5.74, 6) is 5.72. The van der Waals surface area contributed by atoms with Crippen molar-refractivity contribution in [2.45, 2.75) is 12.1 Å². The smallest absolute Gasteiger partial charge is 0.0735 e. The van der Waals surface area contributed by atoms with Crippen molar-refractivity contribution in [1.29, 1.82) is 0 Å². The number of halogens is 1. The lowest BCUT2D eigenvalue weighted by molar-refractivity contribution is 0.0885. The molecule has 1 saturated heterocycles. The number of thiophene rings is 1. The molecule has 3 N–H and O–H groups in total. The first-order chi connectivity index (χ1) is 8.13. The molecule has 2 unspecified atom stereocenters. The molecule has 2 rings (SSSR count). The summed E-state index contributed by atoms with van der Waals surface area (Å²) in [6.07, 6.45) is 0. The molecule has 0 radical (unpaired) electrons. The Morgan fingerprint density at radius 1 is 1.53 bits per heavy atom. The quantitative estimate of drug-likeness (QED) is 0.641. The number of nitrogens with zero attached hydrogens (tertiary/aromatic N) is 2. The Morgan fingerprint density at radius 3 is 2.88 bits per heavy atom. The Morgan fingerprint density at radius 2 is 2.29 bits per heavy atom. The van der Waals surface area contributed by atoms with Crippen LogP contribution in [0.4, 0.5) is 0 Å². The van der Waals surface area contributed by atoms with E-state index in [1.165, 1.54) is 0 Å². The third kappa shape index (κ3) is 2.81. The first-order valence-corrected chi connectivity index (χ1v) is 6.97. The van der Waals surface area contributed by atoms with Crippen LogP contribution in [0.15, 0.2) is 11.4 Å². The summed E-state index contributed by atoms with van der Waals surface area (Å²) in [4.78, 5) is 5.80. The minimum Gasteiger partial charge on any atom is -0.303 e. The van der Waals surface area contributed by atoms with Crippen molar-refractivity contribution in [3.05, 3.63) is 21.3 Å². The van der Waals surface area contributed by atoms with E-state index < -0.39 is 0 Å². The summed E-state index contributed by atoms with van der Waals surface area (Å²) in [5, 5.41) is 2.81. The fourth-order valence-corrected chi connectivity index (χ4v) is 3.58. The zero-order chi connectivity index (χ0) is 12.4. The third-order valence-electron chi connectivity index (χ3n) is 3.39. The van der Waals surface area contributed by atoms with Crippen LogP contribution in [0, 0.1) is 0 Å². The normalized spacial score (nSPS) is 25.1. The highest BCUT2D eigenvalue weighted by Crippen LogP contribution is 2.32. The second-order valence-corrected chi connectivity index (χ2v) is 5.94. The van der Waals surface area contributed by atoms with Crippen molar-refractivity contribution in [2.24, 2.45) is 5.84 Å². The average Bonchev–Trinajstić information content (AvgIpc) is 2.71. The maximum absolute atomic E-state index is 6.20. The molecule has 0 aliphatic carbocycles. The van der Waals surface area contributed by atoms with Gasteiger partial charge in [0.05, 0.1) is 11.1 Å². The number of hydrogen-bond donors (Lipinski definition) is 2. The summed E-state index contributed by atoms with van der Waals surface area (Å²) in [6.45, 7) is 3.16. The number of likely N-dealkylation sites (N-methyl/N-ethyl adjacent to an activating group) is 2. The zero-order valence-electron chi connectivity index (χ0n) is 10.2. The van der Waals surface area contributed by atoms with E-state index in [1.54, 1.807) is 11.3 Å². The molecule has 1 aliphatic heterocycles. The molecule has 2 atom stereocenters. The highest BCUT2D eigenvalue weighted by molar-refractivity contribution is 7.10. The van der Waals surface area contributed by atoms with Crippen LogP contribution >= 0.6 is 22.9 Å². The highest BCUT2D eigenvalue weighted by atomic mass is 35.5. The molecule has 2 heterocycles. The van der Waals surface area contributed by atoms with Gasteiger partial charge in [0.25, 0.3) is 0 Å². The number of nitrogens with two attached hydrogens (primary N) is 1. The SMILES string of the molecule is CN1CCN(C)C(C(NN)c2sccc2Cl)C1. The number of nitrogens with one attached hydrogen (secondary N) is 1. The molecular formula is C11H19ClN4S. The zero-order valence-corrected chi connectivity index (χ0v) is 11.8. The molecule has 0 bridgehead atoms. The molecule has 0 aromatic carbocycles. The molecule has 0 saturated carbocycles. The van der Waals surface area contributed by atoms with Gasteiger partial charge in [0.2, 0.25) is 0 Å². The van der Waals surface area contributed by atoms with E-state index in [0.29, 0.717) is 6.04 Å². The molecule has 4 nitrogen and oxygen atoms in total. The van der Waals surface area contributed by atoms with Gasteiger partial charge in [-0.1, -0.05) is 11.6 Å². The summed E-state index contributed by atoms with van der Waals surface area (Å²) >= 11 is 7.86. The van der Waals surface area contributed by atoms with Crippen LogP contribution in [0.3, 0.4) is 0 Å². The molecule has 1 fully saturated rings. The standard InChI is InChI=1S/C11H19ClN4S/c1-15-4-5-16(2)9(7-15)10(14-13)11-8(12)3-6-17-11/h3,6,9-10,14H,4-5,7,13H2,1-2H3. The Kier molecular flexibility index (Phi) is 4.41. The lowest BCUT2D eigenvalue weighted by atomic mass is 10.0. The summed E-state index contributed by atoms with van der Waals surface area (Å²) in [5.41, 5.74) is 2.92. The van der Waals surface area contributed by atoms with E-state index in [1.807, 2.05) is 11.4 Å². The van der Waals surface area contributed by atoms with Gasteiger partial charge in [-0.3, -0.25) is 16.2 Å². The first-order valence-electron chi connectivity index (χ1n) is 5.71. The second kappa shape index (κ2) is 5.65. The predicted octanol–water partition coefficient (Wildman–Crippen LogP) is 1.15. The Labute approximate surface area is 111 Å². The van der Waals surface area contributed by atoms with Gasteiger partial charge in [-0.05, 0) is 25.5 Å². The molecule has 0 spiro atoms. The fraction of sp³-hybridized carbons (Fsp3) is 0.636. The van der Waals surface area contributed by atoms with Gasteiger partial charge in [-0.2, -0.15) is 0 Å². The molecule has 17 heavy (non-hydrogen) atoms. The Balaban J connectivity index is 2.20. The Hall–Kier alpha value is -0.170. The molecule has 1 aromatic rings. The largest absolute Gasteiger partial charge is 0.303 e. The van der Waals surface area contributed by atoms with Crippen LogP contribution in [0.2, 0.25) is 5.02 Å². The van der Waals surface area contributed by atoms with Gasteiger partial charge in [-0.15, -0.1) is 11.3 Å². The van der Waals surface area contributed by atoms with Crippen LogP contribution in [0.25, 0.3) is 0 Å². The van der Waals surface area contributed by atoms with Crippen molar-refractivity contribution in [2.75, 3.05) is 33.7 Å². The van der Waals surface area contributed by atoms with Gasteiger partial charge in [0.1, 0.15) is 0 Å². The predicted molar refractivity (Wildman–Crippen MR) is 73.3 cm³/mol. The fourth-order valence-electron chi connectivity index (χ4n) is 2.29. The van der Waals surface area contributed by atoms with Crippen LogP contribution < -0.4 is 11.3 Å². The van der Waals surface area contributed by atoms with Crippen molar-refractivity contribution in [3.63, 3.8) is 0 Å². The maximum Gasteiger partial charge on any atom is 0.0735 e. The molecule has 0 amide bonds. The van der Waals surface area contributed by atoms with E-state index in [4.69, 9.17) is 17.4 Å². The van der Waals surface area contributed by atoms with Crippen molar-refractivity contribution in [1.82, 2.24) is 15.2 Å². The molecular weight excluding hydrogens is 256 g/mol. The van der Waals surface area contributed by atoms with Gasteiger partial charge in [0, 0.05) is 30.6 Å². The van der Waals surface area contributed by atoms with Crippen molar-refractivity contribution >= 4 is 22.9 Å². The highest BCUT2D eigenvalue weighted by Gasteiger charge is 2.31. The molecule has 1 aliphatic rings. The minimum atomic E-state index is 0.0928. The maximum atomic E-state index is 6.20. The number of hydrogen-bond acceptors (Lipinski definition) is 5. The van der Waals surface area contributed by atoms with Crippen LogP contribution in [0.1, 0.15) is 10.9 Å². The topological polar surface area (TPSA) is 44.5 Å². The van der Waals surface area contributed by atoms with Crippen LogP contribution in [-0.2, 0) is 0 Å². The lowest BCUT2D eigenvalue weighted by Gasteiger charge is -2.41. The molecule has 96 valence electrons. The monoisotopic (exact) mass is 274 g/mol. The average molecular weight is 275 g/mol. The van der Waals surface area contributed by atoms with E-state index in [0.717, 1.165) is 29.5 Å². The number of piperazine rings is 1. The van der Waals surface area contributed by atoms with E-state index in [-0.39, 0.29) is 6.04 Å². The molecule has 6 heteroatoms. The summed E-state index contributed by atoms with van der Waals surface area (Å²) < 4.78 is 0. The minimum absolute atomic E-state index is 0.0928. The van der Waals surface area contributed by atoms with E-state index in [9.17, 15) is 0 Å². The van der Waals surface area contributed by atoms with E-state index >= 15 is 0 Å². The second-order valence-electron chi connectivity index (χ2n) is 4.59. The van der Waals surface area contributed by atoms with Crippen LogP contribution in [-0.4, -0.2) is 49.6 Å². The van der Waals surface area contributed by atoms with Crippen LogP contribution in [0.5, 0.6) is 0 Å². The number of hydrazine groups is 1.